The summed E-state index contributed by atoms with van der Waals surface area (Å²) < 4.78 is 20.4. The van der Waals surface area contributed by atoms with Gasteiger partial charge in [-0.2, -0.15) is 9.37 Å². The Morgan fingerprint density at radius 2 is 1.89 bits per heavy atom. The minimum absolute atomic E-state index is 0.163. The first-order chi connectivity index (χ1) is 16.8. The third kappa shape index (κ3) is 4.72. The van der Waals surface area contributed by atoms with Crippen molar-refractivity contribution in [3.8, 4) is 11.6 Å². The predicted molar refractivity (Wildman–Crippen MR) is 143 cm³/mol. The van der Waals surface area contributed by atoms with Crippen LogP contribution >= 0.6 is 58.8 Å². The van der Waals surface area contributed by atoms with Crippen molar-refractivity contribution in [2.75, 3.05) is 4.90 Å². The molecule has 0 radical (unpaired) electrons. The second-order valence-corrected chi connectivity index (χ2v) is 10.1. The van der Waals surface area contributed by atoms with Crippen molar-refractivity contribution in [1.82, 2.24) is 9.97 Å². The molecule has 0 atom stereocenters. The average Bonchev–Trinajstić information content (AvgIpc) is 3.10. The predicted octanol–water partition coefficient (Wildman–Crippen LogP) is 7.93. The van der Waals surface area contributed by atoms with Crippen molar-refractivity contribution in [2.24, 2.45) is 0 Å². The van der Waals surface area contributed by atoms with E-state index in [9.17, 15) is 9.18 Å². The molecule has 4 aromatic rings. The maximum atomic E-state index is 14.3. The molecule has 0 unspecified atom stereocenters. The van der Waals surface area contributed by atoms with E-state index in [1.165, 1.54) is 4.90 Å². The Labute approximate surface area is 223 Å². The minimum Gasteiger partial charge on any atom is -0.436 e. The average molecular weight is 563 g/mol. The van der Waals surface area contributed by atoms with Gasteiger partial charge in [-0.25, -0.2) is 4.98 Å². The second-order valence-electron chi connectivity index (χ2n) is 7.21. The van der Waals surface area contributed by atoms with E-state index in [1.807, 2.05) is 30.3 Å². The van der Waals surface area contributed by atoms with Gasteiger partial charge in [-0.1, -0.05) is 77.5 Å². The van der Waals surface area contributed by atoms with Gasteiger partial charge in [0.05, 0.1) is 21.8 Å². The lowest BCUT2D eigenvalue weighted by molar-refractivity contribution is -0.113. The zero-order chi connectivity index (χ0) is 24.7. The van der Waals surface area contributed by atoms with Crippen LogP contribution in [0.15, 0.2) is 65.7 Å². The summed E-state index contributed by atoms with van der Waals surface area (Å²) in [5, 5.41) is 2.24. The monoisotopic (exact) mass is 561 g/mol. The molecule has 1 fully saturated rings. The molecule has 174 valence electrons. The van der Waals surface area contributed by atoms with Crippen LogP contribution in [-0.2, 0) is 4.79 Å². The minimum atomic E-state index is -0.780. The fourth-order valence-corrected chi connectivity index (χ4v) is 5.37. The molecule has 35 heavy (non-hydrogen) atoms. The normalized spacial score (nSPS) is 14.9. The van der Waals surface area contributed by atoms with E-state index < -0.39 is 5.82 Å². The van der Waals surface area contributed by atoms with Crippen molar-refractivity contribution in [2.45, 2.75) is 0 Å². The molecular weight excluding hydrogens is 552 g/mol. The van der Waals surface area contributed by atoms with Crippen molar-refractivity contribution < 1.29 is 13.9 Å². The van der Waals surface area contributed by atoms with Gasteiger partial charge in [0.25, 0.3) is 11.8 Å². The molecule has 0 saturated carbocycles. The van der Waals surface area contributed by atoms with Crippen molar-refractivity contribution in [3.63, 3.8) is 0 Å². The molecule has 0 bridgehead atoms. The highest BCUT2D eigenvalue weighted by Crippen LogP contribution is 2.42. The summed E-state index contributed by atoms with van der Waals surface area (Å²) in [5.74, 6) is -1.21. The first-order valence-corrected chi connectivity index (χ1v) is 12.3. The second kappa shape index (κ2) is 9.72. The summed E-state index contributed by atoms with van der Waals surface area (Å²) in [6, 6.07) is 15.8. The molecule has 5 rings (SSSR count). The molecule has 1 saturated heterocycles. The Morgan fingerprint density at radius 3 is 2.69 bits per heavy atom. The highest BCUT2D eigenvalue weighted by atomic mass is 35.5. The standard InChI is InChI=1S/C24H11Cl3FN3O2S2/c25-13-6-7-18(16(26)9-13)31-22(32)20(35-24(31)34)10-15-14-4-2-1-3-12(14)5-8-19(15)33-21-17(28)11-29-23(27)30-21/h1-11H/b20-10-. The molecule has 5 nitrogen and oxygen atoms in total. The Kier molecular flexibility index (Phi) is 6.65. The van der Waals surface area contributed by atoms with Crippen LogP contribution in [0, 0.1) is 5.82 Å². The quantitative estimate of drug-likeness (QED) is 0.143. The zero-order valence-corrected chi connectivity index (χ0v) is 21.2. The number of anilines is 1. The largest absolute Gasteiger partial charge is 0.436 e. The van der Waals surface area contributed by atoms with Gasteiger partial charge in [0.15, 0.2) is 4.32 Å². The van der Waals surface area contributed by atoms with Gasteiger partial charge in [0, 0.05) is 10.6 Å². The molecule has 0 aliphatic carbocycles. The molecular formula is C24H11Cl3FN3O2S2. The van der Waals surface area contributed by atoms with E-state index in [4.69, 9.17) is 51.8 Å². The number of halogens is 4. The van der Waals surface area contributed by atoms with Gasteiger partial charge in [-0.05, 0) is 52.7 Å². The number of aromatic nitrogens is 2. The Hall–Kier alpha value is -2.75. The van der Waals surface area contributed by atoms with E-state index in [-0.39, 0.29) is 22.8 Å². The number of fused-ring (bicyclic) bond motifs is 1. The first-order valence-electron chi connectivity index (χ1n) is 9.92. The van der Waals surface area contributed by atoms with Gasteiger partial charge in [-0.15, -0.1) is 0 Å². The lowest BCUT2D eigenvalue weighted by Crippen LogP contribution is -2.27. The number of thioether (sulfide) groups is 1. The zero-order valence-electron chi connectivity index (χ0n) is 17.3. The smallest absolute Gasteiger partial charge is 0.270 e. The molecule has 1 aromatic heterocycles. The highest BCUT2D eigenvalue weighted by Gasteiger charge is 2.35. The number of thiocarbonyl (C=S) groups is 1. The number of benzene rings is 3. The van der Waals surface area contributed by atoms with Crippen molar-refractivity contribution >= 4 is 91.5 Å². The van der Waals surface area contributed by atoms with Crippen LogP contribution in [0.25, 0.3) is 16.8 Å². The van der Waals surface area contributed by atoms with E-state index in [0.29, 0.717) is 30.5 Å². The Bertz CT molecular complexity index is 1560. The summed E-state index contributed by atoms with van der Waals surface area (Å²) in [6.07, 6.45) is 2.58. The summed E-state index contributed by atoms with van der Waals surface area (Å²) in [5.41, 5.74) is 0.967. The van der Waals surface area contributed by atoms with Gasteiger partial charge in [-0.3, -0.25) is 9.69 Å². The van der Waals surface area contributed by atoms with Gasteiger partial charge >= 0.3 is 0 Å². The number of rotatable bonds is 4. The number of hydrogen-bond acceptors (Lipinski definition) is 6. The molecule has 1 amide bonds. The third-order valence-corrected chi connectivity index (χ3v) is 7.06. The van der Waals surface area contributed by atoms with Gasteiger partial charge in [0.1, 0.15) is 5.75 Å². The number of hydrogen-bond donors (Lipinski definition) is 0. The van der Waals surface area contributed by atoms with Crippen LogP contribution in [0.4, 0.5) is 10.1 Å². The van der Waals surface area contributed by atoms with Crippen LogP contribution in [0.2, 0.25) is 15.3 Å². The number of amides is 1. The van der Waals surface area contributed by atoms with Gasteiger partial charge in [0.2, 0.25) is 11.1 Å². The summed E-state index contributed by atoms with van der Waals surface area (Å²) in [7, 11) is 0. The maximum Gasteiger partial charge on any atom is 0.270 e. The lowest BCUT2D eigenvalue weighted by atomic mass is 10.0. The SMILES string of the molecule is O=C1/C(=C/c2c(Oc3nc(Cl)ncc3F)ccc3ccccc23)SC(=S)N1c1ccc(Cl)cc1Cl. The van der Waals surface area contributed by atoms with Crippen LogP contribution in [-0.4, -0.2) is 20.2 Å². The Morgan fingerprint density at radius 1 is 1.09 bits per heavy atom. The summed E-state index contributed by atoms with van der Waals surface area (Å²) in [4.78, 5) is 22.5. The van der Waals surface area contributed by atoms with Crippen molar-refractivity contribution in [3.05, 3.63) is 92.4 Å². The summed E-state index contributed by atoms with van der Waals surface area (Å²) in [6.45, 7) is 0. The van der Waals surface area contributed by atoms with Crippen LogP contribution < -0.4 is 9.64 Å². The first kappa shape index (κ1) is 24.0. The molecule has 3 aromatic carbocycles. The Balaban J connectivity index is 1.61. The topological polar surface area (TPSA) is 55.3 Å². The fraction of sp³-hybridized carbons (Fsp3) is 0. The van der Waals surface area contributed by atoms with E-state index in [1.54, 1.807) is 30.3 Å². The molecule has 1 aliphatic heterocycles. The van der Waals surface area contributed by atoms with Crippen molar-refractivity contribution in [1.29, 1.82) is 0 Å². The third-order valence-electron chi connectivity index (χ3n) is 5.04. The number of carbonyl (C=O) groups excluding carboxylic acids is 1. The van der Waals surface area contributed by atoms with E-state index >= 15 is 0 Å². The summed E-state index contributed by atoms with van der Waals surface area (Å²) >= 11 is 24.7. The molecule has 2 heterocycles. The fourth-order valence-electron chi connectivity index (χ4n) is 3.49. The number of nitrogens with zero attached hydrogens (tertiary/aromatic N) is 3. The molecule has 0 spiro atoms. The molecule has 11 heteroatoms. The number of carbonyl (C=O) groups is 1. The highest BCUT2D eigenvalue weighted by molar-refractivity contribution is 8.27. The van der Waals surface area contributed by atoms with E-state index in [2.05, 4.69) is 9.97 Å². The van der Waals surface area contributed by atoms with Crippen LogP contribution in [0.3, 0.4) is 0 Å². The van der Waals surface area contributed by atoms with E-state index in [0.717, 1.165) is 28.7 Å². The van der Waals surface area contributed by atoms with Gasteiger partial charge < -0.3 is 4.74 Å². The van der Waals surface area contributed by atoms with Crippen LogP contribution in [0.5, 0.6) is 11.6 Å². The maximum absolute atomic E-state index is 14.3. The van der Waals surface area contributed by atoms with Crippen LogP contribution in [0.1, 0.15) is 5.56 Å². The lowest BCUT2D eigenvalue weighted by Gasteiger charge is -2.16. The molecule has 1 aliphatic rings. The molecule has 0 N–H and O–H groups in total. The number of ether oxygens (including phenoxy) is 1.